The molecule has 0 bridgehead atoms. The Labute approximate surface area is 128 Å². The predicted octanol–water partition coefficient (Wildman–Crippen LogP) is 2.61. The molecule has 116 valence electrons. The molecule has 0 aliphatic carbocycles. The second-order valence-corrected chi connectivity index (χ2v) is 5.48. The van der Waals surface area contributed by atoms with Gasteiger partial charge in [0.15, 0.2) is 5.96 Å². The fourth-order valence-corrected chi connectivity index (χ4v) is 2.67. The molecule has 1 saturated heterocycles. The zero-order chi connectivity index (χ0) is 15.1. The van der Waals surface area contributed by atoms with E-state index >= 15 is 0 Å². The Kier molecular flexibility index (Phi) is 5.90. The van der Waals surface area contributed by atoms with Crippen LogP contribution in [0.25, 0.3) is 0 Å². The summed E-state index contributed by atoms with van der Waals surface area (Å²) >= 11 is 0. The lowest BCUT2D eigenvalue weighted by Crippen LogP contribution is -2.39. The number of aliphatic imine (C=N–C) groups is 1. The average Bonchev–Trinajstić information content (AvgIpc) is 3.02. The van der Waals surface area contributed by atoms with Crippen LogP contribution in [-0.4, -0.2) is 44.1 Å². The highest BCUT2D eigenvalue weighted by Crippen LogP contribution is 2.19. The van der Waals surface area contributed by atoms with Gasteiger partial charge in [0.1, 0.15) is 5.75 Å². The van der Waals surface area contributed by atoms with Crippen molar-refractivity contribution < 1.29 is 4.74 Å². The first-order valence-corrected chi connectivity index (χ1v) is 7.91. The fraction of sp³-hybridized carbons (Fsp3) is 0.588. The van der Waals surface area contributed by atoms with E-state index in [1.807, 2.05) is 0 Å². The maximum Gasteiger partial charge on any atom is 0.193 e. The van der Waals surface area contributed by atoms with Crippen molar-refractivity contribution in [2.75, 3.05) is 33.3 Å². The monoisotopic (exact) mass is 289 g/mol. The third-order valence-electron chi connectivity index (χ3n) is 3.88. The fourth-order valence-electron chi connectivity index (χ4n) is 2.67. The molecule has 1 fully saturated rings. The van der Waals surface area contributed by atoms with Crippen LogP contribution in [0.2, 0.25) is 0 Å². The van der Waals surface area contributed by atoms with Crippen LogP contribution in [0.15, 0.2) is 23.2 Å². The van der Waals surface area contributed by atoms with Crippen LogP contribution in [0, 0.1) is 6.92 Å². The third kappa shape index (κ3) is 4.38. The number of rotatable bonds is 5. The molecular weight excluding hydrogens is 262 g/mol. The first kappa shape index (κ1) is 15.7. The zero-order valence-corrected chi connectivity index (χ0v) is 13.5. The van der Waals surface area contributed by atoms with Gasteiger partial charge in [-0.15, -0.1) is 0 Å². The number of benzene rings is 1. The molecule has 0 atom stereocenters. The molecule has 21 heavy (non-hydrogen) atoms. The molecule has 0 saturated carbocycles. The quantitative estimate of drug-likeness (QED) is 0.669. The van der Waals surface area contributed by atoms with Crippen LogP contribution in [0.5, 0.6) is 5.75 Å². The molecule has 1 N–H and O–H groups in total. The summed E-state index contributed by atoms with van der Waals surface area (Å²) in [6, 6.07) is 6.40. The Hall–Kier alpha value is -1.71. The number of nitrogens with one attached hydrogen (secondary N) is 1. The van der Waals surface area contributed by atoms with Gasteiger partial charge in [-0.1, -0.05) is 12.1 Å². The summed E-state index contributed by atoms with van der Waals surface area (Å²) in [6.07, 6.45) is 3.50. The van der Waals surface area contributed by atoms with Crippen molar-refractivity contribution in [1.29, 1.82) is 0 Å². The first-order chi connectivity index (χ1) is 10.2. The summed E-state index contributed by atoms with van der Waals surface area (Å²) in [5.74, 6) is 2.03. The highest BCUT2D eigenvalue weighted by molar-refractivity contribution is 5.80. The molecule has 1 aliphatic heterocycles. The van der Waals surface area contributed by atoms with Crippen molar-refractivity contribution >= 4 is 5.96 Å². The molecule has 4 heteroatoms. The molecule has 1 heterocycles. The van der Waals surface area contributed by atoms with E-state index in [2.05, 4.69) is 42.3 Å². The Balaban J connectivity index is 1.95. The SMILES string of the molecule is CCNC(=NCCc1ccc(C)c(OC)c1)N1CCCC1. The van der Waals surface area contributed by atoms with Gasteiger partial charge in [0, 0.05) is 26.2 Å². The lowest BCUT2D eigenvalue weighted by molar-refractivity contribution is 0.411. The van der Waals surface area contributed by atoms with Crippen LogP contribution >= 0.6 is 0 Å². The summed E-state index contributed by atoms with van der Waals surface area (Å²) in [7, 11) is 1.72. The van der Waals surface area contributed by atoms with Gasteiger partial charge in [-0.05, 0) is 50.3 Å². The molecule has 0 aromatic heterocycles. The minimum Gasteiger partial charge on any atom is -0.496 e. The van der Waals surface area contributed by atoms with Gasteiger partial charge in [0.2, 0.25) is 0 Å². The van der Waals surface area contributed by atoms with E-state index in [0.717, 1.165) is 44.3 Å². The van der Waals surface area contributed by atoms with E-state index in [1.165, 1.54) is 24.0 Å². The second-order valence-electron chi connectivity index (χ2n) is 5.48. The van der Waals surface area contributed by atoms with Crippen molar-refractivity contribution in [3.63, 3.8) is 0 Å². The Bertz CT molecular complexity index is 479. The highest BCUT2D eigenvalue weighted by Gasteiger charge is 2.15. The molecule has 1 aromatic carbocycles. The minimum atomic E-state index is 0.811. The average molecular weight is 289 g/mol. The number of ether oxygens (including phenoxy) is 1. The standard InChI is InChI=1S/C17H27N3O/c1-4-18-17(20-11-5-6-12-20)19-10-9-15-8-7-14(2)16(13-15)21-3/h7-8,13H,4-6,9-12H2,1-3H3,(H,18,19). The predicted molar refractivity (Wildman–Crippen MR) is 88.2 cm³/mol. The second kappa shape index (κ2) is 7.91. The Morgan fingerprint density at radius 2 is 2.10 bits per heavy atom. The summed E-state index contributed by atoms with van der Waals surface area (Å²) in [5.41, 5.74) is 2.45. The van der Waals surface area contributed by atoms with Gasteiger partial charge in [0.25, 0.3) is 0 Å². The number of methoxy groups -OCH3 is 1. The summed E-state index contributed by atoms with van der Waals surface area (Å²) in [5, 5.41) is 3.39. The summed E-state index contributed by atoms with van der Waals surface area (Å²) in [4.78, 5) is 7.12. The van der Waals surface area contributed by atoms with Crippen molar-refractivity contribution in [3.8, 4) is 5.75 Å². The lowest BCUT2D eigenvalue weighted by atomic mass is 10.1. The molecule has 1 aromatic rings. The Morgan fingerprint density at radius 1 is 1.33 bits per heavy atom. The van der Waals surface area contributed by atoms with Gasteiger partial charge < -0.3 is 15.0 Å². The largest absolute Gasteiger partial charge is 0.496 e. The van der Waals surface area contributed by atoms with Crippen molar-refractivity contribution in [2.24, 2.45) is 4.99 Å². The summed E-state index contributed by atoms with van der Waals surface area (Å²) in [6.45, 7) is 8.18. The lowest BCUT2D eigenvalue weighted by Gasteiger charge is -2.20. The number of aryl methyl sites for hydroxylation is 1. The van der Waals surface area contributed by atoms with E-state index < -0.39 is 0 Å². The number of hydrogen-bond acceptors (Lipinski definition) is 2. The van der Waals surface area contributed by atoms with E-state index in [0.29, 0.717) is 0 Å². The van der Waals surface area contributed by atoms with E-state index in [4.69, 9.17) is 9.73 Å². The number of guanidine groups is 1. The smallest absolute Gasteiger partial charge is 0.193 e. The third-order valence-corrected chi connectivity index (χ3v) is 3.88. The van der Waals surface area contributed by atoms with Crippen molar-refractivity contribution in [3.05, 3.63) is 29.3 Å². The van der Waals surface area contributed by atoms with Gasteiger partial charge in [-0.3, -0.25) is 4.99 Å². The highest BCUT2D eigenvalue weighted by atomic mass is 16.5. The molecule has 0 amide bonds. The molecular formula is C17H27N3O. The molecule has 4 nitrogen and oxygen atoms in total. The van der Waals surface area contributed by atoms with Crippen molar-refractivity contribution in [2.45, 2.75) is 33.1 Å². The molecule has 0 spiro atoms. The summed E-state index contributed by atoms with van der Waals surface area (Å²) < 4.78 is 5.38. The Morgan fingerprint density at radius 3 is 2.76 bits per heavy atom. The van der Waals surface area contributed by atoms with Crippen LogP contribution in [0.3, 0.4) is 0 Å². The van der Waals surface area contributed by atoms with Crippen LogP contribution < -0.4 is 10.1 Å². The zero-order valence-electron chi connectivity index (χ0n) is 13.5. The number of nitrogens with zero attached hydrogens (tertiary/aromatic N) is 2. The maximum absolute atomic E-state index is 5.38. The van der Waals surface area contributed by atoms with Crippen molar-refractivity contribution in [1.82, 2.24) is 10.2 Å². The molecule has 2 rings (SSSR count). The van der Waals surface area contributed by atoms with Crippen LogP contribution in [0.1, 0.15) is 30.9 Å². The number of likely N-dealkylation sites (tertiary alicyclic amines) is 1. The molecule has 0 radical (unpaired) electrons. The topological polar surface area (TPSA) is 36.9 Å². The van der Waals surface area contributed by atoms with E-state index in [-0.39, 0.29) is 0 Å². The van der Waals surface area contributed by atoms with E-state index in [1.54, 1.807) is 7.11 Å². The molecule has 1 aliphatic rings. The first-order valence-electron chi connectivity index (χ1n) is 7.91. The van der Waals surface area contributed by atoms with E-state index in [9.17, 15) is 0 Å². The van der Waals surface area contributed by atoms with Gasteiger partial charge in [-0.25, -0.2) is 0 Å². The van der Waals surface area contributed by atoms with Gasteiger partial charge in [0.05, 0.1) is 7.11 Å². The van der Waals surface area contributed by atoms with Gasteiger partial charge >= 0.3 is 0 Å². The maximum atomic E-state index is 5.38. The number of hydrogen-bond donors (Lipinski definition) is 1. The minimum absolute atomic E-state index is 0.811. The van der Waals surface area contributed by atoms with Crippen LogP contribution in [0.4, 0.5) is 0 Å². The normalized spacial score (nSPS) is 15.4. The van der Waals surface area contributed by atoms with Gasteiger partial charge in [-0.2, -0.15) is 0 Å². The van der Waals surface area contributed by atoms with Crippen LogP contribution in [-0.2, 0) is 6.42 Å². The molecule has 0 unspecified atom stereocenters.